The van der Waals surface area contributed by atoms with Crippen molar-refractivity contribution < 1.29 is 4.79 Å². The number of hydrogen-bond acceptors (Lipinski definition) is 3. The molecule has 0 atom stereocenters. The predicted octanol–water partition coefficient (Wildman–Crippen LogP) is 2.04. The second-order valence-electron chi connectivity index (χ2n) is 3.31. The highest BCUT2D eigenvalue weighted by Crippen LogP contribution is 2.15. The number of carbonyl (C=O) groups is 1. The van der Waals surface area contributed by atoms with Crippen molar-refractivity contribution in [2.24, 2.45) is 7.05 Å². The largest absolute Gasteiger partial charge is 0.356 e. The van der Waals surface area contributed by atoms with Crippen LogP contribution in [-0.4, -0.2) is 15.5 Å². The van der Waals surface area contributed by atoms with Gasteiger partial charge in [0.05, 0.1) is 11.3 Å². The molecular formula is C10H11N3OS. The van der Waals surface area contributed by atoms with Crippen molar-refractivity contribution in [1.82, 2.24) is 9.55 Å². The van der Waals surface area contributed by atoms with Crippen LogP contribution in [0, 0.1) is 6.92 Å². The summed E-state index contributed by atoms with van der Waals surface area (Å²) in [5, 5.41) is 5.29. The molecular weight excluding hydrogens is 210 g/mol. The van der Waals surface area contributed by atoms with Crippen LogP contribution >= 0.6 is 11.3 Å². The third kappa shape index (κ3) is 2.24. The molecule has 0 unspecified atom stereocenters. The number of nitrogens with zero attached hydrogens (tertiary/aromatic N) is 2. The molecule has 0 bridgehead atoms. The Hall–Kier alpha value is -1.62. The first-order valence-corrected chi connectivity index (χ1v) is 5.38. The van der Waals surface area contributed by atoms with Gasteiger partial charge in [-0.15, -0.1) is 11.3 Å². The lowest BCUT2D eigenvalue weighted by molar-refractivity contribution is 0.102. The molecule has 2 aromatic heterocycles. The summed E-state index contributed by atoms with van der Waals surface area (Å²) >= 11 is 1.43. The van der Waals surface area contributed by atoms with Crippen LogP contribution in [0.4, 0.5) is 5.13 Å². The van der Waals surface area contributed by atoms with E-state index < -0.39 is 0 Å². The molecule has 15 heavy (non-hydrogen) atoms. The van der Waals surface area contributed by atoms with Crippen molar-refractivity contribution in [1.29, 1.82) is 0 Å². The van der Waals surface area contributed by atoms with E-state index in [0.29, 0.717) is 10.7 Å². The van der Waals surface area contributed by atoms with Gasteiger partial charge < -0.3 is 4.57 Å². The molecule has 0 aliphatic rings. The number of hydrogen-bond donors (Lipinski definition) is 1. The Bertz CT molecular complexity index is 486. The lowest BCUT2D eigenvalue weighted by atomic mass is 10.3. The second kappa shape index (κ2) is 3.86. The van der Waals surface area contributed by atoms with Crippen molar-refractivity contribution in [3.8, 4) is 0 Å². The first-order chi connectivity index (χ1) is 7.15. The molecule has 0 saturated carbocycles. The van der Waals surface area contributed by atoms with Crippen molar-refractivity contribution in [3.63, 3.8) is 0 Å². The molecule has 1 N–H and O–H groups in total. The maximum Gasteiger partial charge on any atom is 0.258 e. The molecule has 4 nitrogen and oxygen atoms in total. The summed E-state index contributed by atoms with van der Waals surface area (Å²) in [6, 6.07) is 1.77. The molecule has 0 spiro atoms. The maximum atomic E-state index is 11.7. The Morgan fingerprint density at radius 2 is 2.40 bits per heavy atom. The quantitative estimate of drug-likeness (QED) is 0.843. The summed E-state index contributed by atoms with van der Waals surface area (Å²) < 4.78 is 1.84. The Morgan fingerprint density at radius 3 is 2.93 bits per heavy atom. The van der Waals surface area contributed by atoms with Gasteiger partial charge >= 0.3 is 0 Å². The van der Waals surface area contributed by atoms with Gasteiger partial charge in [-0.3, -0.25) is 10.1 Å². The Balaban J connectivity index is 2.10. The van der Waals surface area contributed by atoms with Gasteiger partial charge in [-0.05, 0) is 13.0 Å². The van der Waals surface area contributed by atoms with Crippen LogP contribution in [0.15, 0.2) is 23.8 Å². The summed E-state index contributed by atoms with van der Waals surface area (Å²) in [5.74, 6) is -0.120. The topological polar surface area (TPSA) is 46.9 Å². The van der Waals surface area contributed by atoms with Gasteiger partial charge in [-0.2, -0.15) is 0 Å². The minimum atomic E-state index is -0.120. The van der Waals surface area contributed by atoms with Crippen LogP contribution in [0.2, 0.25) is 0 Å². The second-order valence-corrected chi connectivity index (χ2v) is 4.17. The highest BCUT2D eigenvalue weighted by Gasteiger charge is 2.08. The lowest BCUT2D eigenvalue weighted by Gasteiger charge is -1.97. The zero-order chi connectivity index (χ0) is 10.8. The highest BCUT2D eigenvalue weighted by molar-refractivity contribution is 7.13. The standard InChI is InChI=1S/C10H11N3OS/c1-7-6-15-10(11-7)12-9(14)8-3-4-13(2)5-8/h3-6H,1-2H3,(H,11,12,14). The summed E-state index contributed by atoms with van der Waals surface area (Å²) in [6.45, 7) is 1.90. The summed E-state index contributed by atoms with van der Waals surface area (Å²) in [7, 11) is 1.88. The molecule has 1 amide bonds. The van der Waals surface area contributed by atoms with Crippen molar-refractivity contribution in [2.45, 2.75) is 6.92 Å². The van der Waals surface area contributed by atoms with E-state index in [-0.39, 0.29) is 5.91 Å². The summed E-state index contributed by atoms with van der Waals surface area (Å²) in [5.41, 5.74) is 1.56. The molecule has 0 aromatic carbocycles. The van der Waals surface area contributed by atoms with Gasteiger partial charge in [0.15, 0.2) is 5.13 Å². The van der Waals surface area contributed by atoms with E-state index >= 15 is 0 Å². The molecule has 0 radical (unpaired) electrons. The van der Waals surface area contributed by atoms with Crippen LogP contribution in [0.1, 0.15) is 16.1 Å². The fraction of sp³-hybridized carbons (Fsp3) is 0.200. The van der Waals surface area contributed by atoms with Crippen molar-refractivity contribution in [3.05, 3.63) is 35.1 Å². The van der Waals surface area contributed by atoms with Gasteiger partial charge in [-0.25, -0.2) is 4.98 Å². The van der Waals surface area contributed by atoms with Gasteiger partial charge in [0.25, 0.3) is 5.91 Å². The normalized spacial score (nSPS) is 10.3. The van der Waals surface area contributed by atoms with Crippen molar-refractivity contribution in [2.75, 3.05) is 5.32 Å². The zero-order valence-electron chi connectivity index (χ0n) is 8.52. The van der Waals surface area contributed by atoms with E-state index in [4.69, 9.17) is 0 Å². The molecule has 78 valence electrons. The van der Waals surface area contributed by atoms with E-state index in [0.717, 1.165) is 5.69 Å². The smallest absolute Gasteiger partial charge is 0.258 e. The number of carbonyl (C=O) groups excluding carboxylic acids is 1. The SMILES string of the molecule is Cc1csc(NC(=O)c2ccn(C)c2)n1. The Labute approximate surface area is 91.6 Å². The van der Waals surface area contributed by atoms with E-state index in [1.54, 1.807) is 12.3 Å². The zero-order valence-corrected chi connectivity index (χ0v) is 9.34. The van der Waals surface area contributed by atoms with Crippen molar-refractivity contribution >= 4 is 22.4 Å². The minimum absolute atomic E-state index is 0.120. The van der Waals surface area contributed by atoms with E-state index in [2.05, 4.69) is 10.3 Å². The number of rotatable bonds is 2. The van der Waals surface area contributed by atoms with Gasteiger partial charge in [0.2, 0.25) is 0 Å². The third-order valence-corrected chi connectivity index (χ3v) is 2.81. The predicted molar refractivity (Wildman–Crippen MR) is 60.2 cm³/mol. The van der Waals surface area contributed by atoms with Gasteiger partial charge in [-0.1, -0.05) is 0 Å². The molecule has 5 heteroatoms. The number of amides is 1. The van der Waals surface area contributed by atoms with Crippen LogP contribution in [0.3, 0.4) is 0 Å². The summed E-state index contributed by atoms with van der Waals surface area (Å²) in [4.78, 5) is 15.8. The molecule has 2 heterocycles. The van der Waals surface area contributed by atoms with Gasteiger partial charge in [0, 0.05) is 24.8 Å². The molecule has 0 fully saturated rings. The van der Waals surface area contributed by atoms with E-state index in [1.165, 1.54) is 11.3 Å². The average molecular weight is 221 g/mol. The van der Waals surface area contributed by atoms with Crippen LogP contribution in [-0.2, 0) is 7.05 Å². The first kappa shape index (κ1) is 9.92. The Morgan fingerprint density at radius 1 is 1.60 bits per heavy atom. The monoisotopic (exact) mass is 221 g/mol. The lowest BCUT2D eigenvalue weighted by Crippen LogP contribution is -2.10. The van der Waals surface area contributed by atoms with E-state index in [1.807, 2.05) is 30.1 Å². The molecule has 0 aliphatic heterocycles. The number of thiazole rings is 1. The fourth-order valence-electron chi connectivity index (χ4n) is 1.22. The fourth-order valence-corrected chi connectivity index (χ4v) is 1.90. The molecule has 2 rings (SSSR count). The third-order valence-electron chi connectivity index (χ3n) is 1.93. The summed E-state index contributed by atoms with van der Waals surface area (Å²) in [6.07, 6.45) is 3.61. The first-order valence-electron chi connectivity index (χ1n) is 4.50. The van der Waals surface area contributed by atoms with Gasteiger partial charge in [0.1, 0.15) is 0 Å². The number of aromatic nitrogens is 2. The van der Waals surface area contributed by atoms with Crippen LogP contribution < -0.4 is 5.32 Å². The number of anilines is 1. The number of nitrogens with one attached hydrogen (secondary N) is 1. The maximum absolute atomic E-state index is 11.7. The number of aryl methyl sites for hydroxylation is 2. The highest BCUT2D eigenvalue weighted by atomic mass is 32.1. The van der Waals surface area contributed by atoms with Crippen LogP contribution in [0.5, 0.6) is 0 Å². The average Bonchev–Trinajstić information content (AvgIpc) is 2.75. The molecule has 2 aromatic rings. The molecule has 0 saturated heterocycles. The molecule has 0 aliphatic carbocycles. The Kier molecular flexibility index (Phi) is 2.55. The van der Waals surface area contributed by atoms with E-state index in [9.17, 15) is 4.79 Å². The minimum Gasteiger partial charge on any atom is -0.356 e. The van der Waals surface area contributed by atoms with Crippen LogP contribution in [0.25, 0.3) is 0 Å².